The molecule has 1 aliphatic rings. The van der Waals surface area contributed by atoms with E-state index in [1.807, 2.05) is 55.8 Å². The maximum Gasteiger partial charge on any atom is 0.208 e. The van der Waals surface area contributed by atoms with Crippen molar-refractivity contribution in [2.45, 2.75) is 26.2 Å². The number of Topliss-reactive ketones (excluding diaryl/α,β-unsaturated/α-hetero) is 1. The number of imidazole rings is 1. The van der Waals surface area contributed by atoms with Crippen LogP contribution in [0.4, 0.5) is 16.0 Å². The molecule has 8 nitrogen and oxygen atoms in total. The van der Waals surface area contributed by atoms with Crippen LogP contribution in [0.15, 0.2) is 54.7 Å². The van der Waals surface area contributed by atoms with Gasteiger partial charge in [0.2, 0.25) is 5.95 Å². The Kier molecular flexibility index (Phi) is 7.67. The van der Waals surface area contributed by atoms with Crippen LogP contribution in [0.5, 0.6) is 11.5 Å². The van der Waals surface area contributed by atoms with Gasteiger partial charge in [0.15, 0.2) is 5.78 Å². The number of anilines is 2. The van der Waals surface area contributed by atoms with Gasteiger partial charge < -0.3 is 19.9 Å². The number of carbonyl (C=O) groups is 1. The Morgan fingerprint density at radius 3 is 2.68 bits per heavy atom. The lowest BCUT2D eigenvalue weighted by atomic mass is 10.0. The van der Waals surface area contributed by atoms with Gasteiger partial charge in [-0.2, -0.15) is 0 Å². The normalized spacial score (nSPS) is 14.2. The van der Waals surface area contributed by atoms with Gasteiger partial charge in [0.25, 0.3) is 0 Å². The lowest BCUT2D eigenvalue weighted by Gasteiger charge is -2.26. The minimum absolute atomic E-state index is 0.0796. The summed E-state index contributed by atoms with van der Waals surface area (Å²) in [6, 6.07) is 14.3. The van der Waals surface area contributed by atoms with Crippen LogP contribution in [0.3, 0.4) is 0 Å². The van der Waals surface area contributed by atoms with Crippen molar-refractivity contribution in [3.05, 3.63) is 71.8 Å². The molecule has 0 aliphatic carbocycles. The lowest BCUT2D eigenvalue weighted by Crippen LogP contribution is -2.45. The molecule has 0 spiro atoms. The highest BCUT2D eigenvalue weighted by Gasteiger charge is 2.15. The molecule has 198 valence electrons. The number of hydrogen-bond acceptors (Lipinski definition) is 7. The van der Waals surface area contributed by atoms with E-state index in [4.69, 9.17) is 9.72 Å². The van der Waals surface area contributed by atoms with Gasteiger partial charge in [-0.3, -0.25) is 14.7 Å². The topological polar surface area (TPSA) is 84.3 Å². The van der Waals surface area contributed by atoms with Crippen molar-refractivity contribution in [3.63, 3.8) is 0 Å². The van der Waals surface area contributed by atoms with Crippen LogP contribution in [0.25, 0.3) is 11.0 Å². The third kappa shape index (κ3) is 6.00. The van der Waals surface area contributed by atoms with Gasteiger partial charge in [-0.15, -0.1) is 0 Å². The van der Waals surface area contributed by atoms with Crippen molar-refractivity contribution < 1.29 is 13.9 Å². The number of hydrogen-bond donors (Lipinski definition) is 2. The fourth-order valence-corrected chi connectivity index (χ4v) is 4.68. The van der Waals surface area contributed by atoms with Crippen molar-refractivity contribution >= 4 is 28.5 Å². The van der Waals surface area contributed by atoms with Gasteiger partial charge in [0.1, 0.15) is 17.3 Å². The number of fused-ring (bicyclic) bond motifs is 1. The summed E-state index contributed by atoms with van der Waals surface area (Å²) in [5, 5.41) is 6.60. The number of aromatic nitrogens is 3. The van der Waals surface area contributed by atoms with E-state index in [-0.39, 0.29) is 23.9 Å². The molecule has 0 atom stereocenters. The second-order valence-electron chi connectivity index (χ2n) is 9.99. The second-order valence-corrected chi connectivity index (χ2v) is 9.99. The van der Waals surface area contributed by atoms with E-state index in [9.17, 15) is 9.18 Å². The fraction of sp³-hybridized carbons (Fsp3) is 0.345. The van der Waals surface area contributed by atoms with Gasteiger partial charge in [-0.25, -0.2) is 9.37 Å². The van der Waals surface area contributed by atoms with E-state index in [2.05, 4.69) is 20.5 Å². The Labute approximate surface area is 221 Å². The number of nitrogens with zero attached hydrogens (tertiary/aromatic N) is 4. The molecule has 2 N–H and O–H groups in total. The molecule has 2 aromatic heterocycles. The van der Waals surface area contributed by atoms with E-state index in [0.29, 0.717) is 35.2 Å². The van der Waals surface area contributed by atoms with Crippen molar-refractivity contribution in [1.82, 2.24) is 24.8 Å². The molecule has 0 unspecified atom stereocenters. The van der Waals surface area contributed by atoms with Crippen molar-refractivity contribution in [2.24, 2.45) is 7.05 Å². The van der Waals surface area contributed by atoms with Gasteiger partial charge >= 0.3 is 0 Å². The molecule has 4 aromatic rings. The Morgan fingerprint density at radius 2 is 1.89 bits per heavy atom. The molecule has 2 aromatic carbocycles. The number of pyridine rings is 1. The van der Waals surface area contributed by atoms with Crippen molar-refractivity contribution in [1.29, 1.82) is 0 Å². The number of rotatable bonds is 9. The molecule has 3 heterocycles. The quantitative estimate of drug-likeness (QED) is 0.331. The maximum absolute atomic E-state index is 14.1. The minimum Gasteiger partial charge on any atom is -0.457 e. The zero-order valence-corrected chi connectivity index (χ0v) is 22.0. The first-order valence-electron chi connectivity index (χ1n) is 13.0. The summed E-state index contributed by atoms with van der Waals surface area (Å²) >= 11 is 0. The molecule has 0 amide bonds. The third-order valence-corrected chi connectivity index (χ3v) is 6.74. The van der Waals surface area contributed by atoms with E-state index >= 15 is 0 Å². The number of aryl methyl sites for hydroxylation is 1. The monoisotopic (exact) mass is 516 g/mol. The predicted molar refractivity (Wildman–Crippen MR) is 147 cm³/mol. The summed E-state index contributed by atoms with van der Waals surface area (Å²) < 4.78 is 22.2. The lowest BCUT2D eigenvalue weighted by molar-refractivity contribution is -0.119. The average molecular weight is 517 g/mol. The molecule has 0 radical (unpaired) electrons. The first-order chi connectivity index (χ1) is 18.4. The average Bonchev–Trinajstić information content (AvgIpc) is 3.20. The summed E-state index contributed by atoms with van der Waals surface area (Å²) in [7, 11) is 1.93. The molecule has 0 saturated carbocycles. The van der Waals surface area contributed by atoms with Crippen molar-refractivity contribution in [3.8, 4) is 11.5 Å². The minimum atomic E-state index is -0.208. The van der Waals surface area contributed by atoms with Crippen LogP contribution < -0.4 is 15.4 Å². The smallest absolute Gasteiger partial charge is 0.208 e. The molecule has 0 bridgehead atoms. The molecule has 1 fully saturated rings. The SMILES string of the molecule is CC(C)c1cc(Nc2nc3cc(Oc4ccnc(CC(=O)CN5CCNCC5)c4)ccc3n2C)ccc1F. The summed E-state index contributed by atoms with van der Waals surface area (Å²) in [6.45, 7) is 7.98. The summed E-state index contributed by atoms with van der Waals surface area (Å²) in [5.41, 5.74) is 3.82. The number of ether oxygens (including phenoxy) is 1. The highest BCUT2D eigenvalue weighted by atomic mass is 19.1. The Bertz CT molecular complexity index is 1440. The van der Waals surface area contributed by atoms with Gasteiger partial charge in [-0.1, -0.05) is 13.8 Å². The van der Waals surface area contributed by atoms with Crippen LogP contribution in [0.2, 0.25) is 0 Å². The summed E-state index contributed by atoms with van der Waals surface area (Å²) in [5.74, 6) is 1.92. The molecule has 1 saturated heterocycles. The Morgan fingerprint density at radius 1 is 1.11 bits per heavy atom. The van der Waals surface area contributed by atoms with E-state index < -0.39 is 0 Å². The first-order valence-corrected chi connectivity index (χ1v) is 13.0. The highest BCUT2D eigenvalue weighted by molar-refractivity contribution is 5.83. The zero-order valence-electron chi connectivity index (χ0n) is 22.0. The fourth-order valence-electron chi connectivity index (χ4n) is 4.68. The Hall–Kier alpha value is -3.82. The van der Waals surface area contributed by atoms with Gasteiger partial charge in [0.05, 0.1) is 29.7 Å². The number of halogens is 1. The first kappa shape index (κ1) is 25.8. The molecule has 38 heavy (non-hydrogen) atoms. The maximum atomic E-state index is 14.1. The molecule has 5 rings (SSSR count). The summed E-state index contributed by atoms with van der Waals surface area (Å²) in [4.78, 5) is 23.8. The van der Waals surface area contributed by atoms with Crippen LogP contribution in [-0.4, -0.2) is 57.9 Å². The standard InChI is InChI=1S/C29H33FN6O2/c1-19(2)25-16-20(4-6-26(25)30)33-29-34-27-17-23(5-7-28(27)35(29)3)38-24-8-9-32-21(15-24)14-22(37)18-36-12-10-31-11-13-36/h4-9,15-17,19,31H,10-14,18H2,1-3H3,(H,33,34). The van der Waals surface area contributed by atoms with E-state index in [1.54, 1.807) is 18.3 Å². The van der Waals surface area contributed by atoms with E-state index in [1.165, 1.54) is 6.07 Å². The second kappa shape index (κ2) is 11.3. The Balaban J connectivity index is 1.28. The molecule has 1 aliphatic heterocycles. The van der Waals surface area contributed by atoms with Crippen LogP contribution in [0, 0.1) is 5.82 Å². The largest absolute Gasteiger partial charge is 0.457 e. The van der Waals surface area contributed by atoms with Gasteiger partial charge in [0, 0.05) is 57.2 Å². The predicted octanol–water partition coefficient (Wildman–Crippen LogP) is 4.78. The van der Waals surface area contributed by atoms with Crippen LogP contribution in [-0.2, 0) is 18.3 Å². The summed E-state index contributed by atoms with van der Waals surface area (Å²) in [6.07, 6.45) is 1.94. The van der Waals surface area contributed by atoms with Crippen LogP contribution in [0.1, 0.15) is 31.0 Å². The zero-order chi connectivity index (χ0) is 26.6. The number of nitrogens with one attached hydrogen (secondary N) is 2. The molecular weight excluding hydrogens is 483 g/mol. The van der Waals surface area contributed by atoms with E-state index in [0.717, 1.165) is 42.9 Å². The third-order valence-electron chi connectivity index (χ3n) is 6.74. The number of carbonyl (C=O) groups excluding carboxylic acids is 1. The number of benzene rings is 2. The molecule has 9 heteroatoms. The van der Waals surface area contributed by atoms with Crippen LogP contribution >= 0.6 is 0 Å². The number of ketones is 1. The highest BCUT2D eigenvalue weighted by Crippen LogP contribution is 2.29. The van der Waals surface area contributed by atoms with Crippen molar-refractivity contribution in [2.75, 3.05) is 38.0 Å². The number of piperazine rings is 1. The van der Waals surface area contributed by atoms with Gasteiger partial charge in [-0.05, 0) is 47.9 Å². The molecular formula is C29H33FN6O2.